The van der Waals surface area contributed by atoms with Crippen molar-refractivity contribution in [3.63, 3.8) is 0 Å². The van der Waals surface area contributed by atoms with Gasteiger partial charge in [0.2, 0.25) is 0 Å². The fourth-order valence-electron chi connectivity index (χ4n) is 1.99. The standard InChI is InChI=1S/C13H18N2S.C2H6/c1-10(2)8-12(15-6-5-14-9-15)13-11(3)4-7-16-13;1-2/h4-7,9-10,12H,8H2,1-3H3;1-2H3. The molecule has 0 bridgehead atoms. The summed E-state index contributed by atoms with van der Waals surface area (Å²) in [5.74, 6) is 0.689. The average Bonchev–Trinajstić information content (AvgIpc) is 2.99. The Morgan fingerprint density at radius 3 is 2.50 bits per heavy atom. The van der Waals surface area contributed by atoms with E-state index < -0.39 is 0 Å². The molecule has 3 heteroatoms. The highest BCUT2D eigenvalue weighted by Crippen LogP contribution is 2.31. The van der Waals surface area contributed by atoms with E-state index in [9.17, 15) is 0 Å². The van der Waals surface area contributed by atoms with E-state index in [1.807, 2.05) is 37.7 Å². The molecule has 1 unspecified atom stereocenters. The number of imidazole rings is 1. The van der Waals surface area contributed by atoms with Gasteiger partial charge in [0.1, 0.15) is 0 Å². The lowest BCUT2D eigenvalue weighted by Crippen LogP contribution is -2.11. The van der Waals surface area contributed by atoms with E-state index in [2.05, 4.69) is 48.0 Å². The molecule has 0 N–H and O–H groups in total. The first kappa shape index (κ1) is 15.0. The number of aromatic nitrogens is 2. The lowest BCUT2D eigenvalue weighted by atomic mass is 10.0. The van der Waals surface area contributed by atoms with Crippen LogP contribution in [0.2, 0.25) is 0 Å². The third-order valence-electron chi connectivity index (χ3n) is 2.78. The summed E-state index contributed by atoms with van der Waals surface area (Å²) in [5.41, 5.74) is 1.39. The summed E-state index contributed by atoms with van der Waals surface area (Å²) < 4.78 is 2.22. The number of thiophene rings is 1. The van der Waals surface area contributed by atoms with E-state index in [4.69, 9.17) is 0 Å². The Morgan fingerprint density at radius 1 is 1.33 bits per heavy atom. The van der Waals surface area contributed by atoms with Crippen LogP contribution in [0.1, 0.15) is 50.6 Å². The Labute approximate surface area is 115 Å². The van der Waals surface area contributed by atoms with E-state index in [0.717, 1.165) is 6.42 Å². The molecule has 2 rings (SSSR count). The van der Waals surface area contributed by atoms with Crippen LogP contribution in [-0.4, -0.2) is 9.55 Å². The maximum Gasteiger partial charge on any atom is 0.0951 e. The van der Waals surface area contributed by atoms with Crippen molar-refractivity contribution >= 4 is 11.3 Å². The minimum Gasteiger partial charge on any atom is -0.329 e. The zero-order valence-corrected chi connectivity index (χ0v) is 12.9. The van der Waals surface area contributed by atoms with Gasteiger partial charge in [0.15, 0.2) is 0 Å². The molecule has 0 aliphatic rings. The Kier molecular flexibility index (Phi) is 6.13. The molecule has 0 aromatic carbocycles. The van der Waals surface area contributed by atoms with Crippen molar-refractivity contribution in [2.24, 2.45) is 5.92 Å². The molecular formula is C15H24N2S. The van der Waals surface area contributed by atoms with Crippen LogP contribution in [0, 0.1) is 12.8 Å². The van der Waals surface area contributed by atoms with E-state index in [0.29, 0.717) is 12.0 Å². The normalized spacial score (nSPS) is 12.1. The van der Waals surface area contributed by atoms with Gasteiger partial charge in [-0.1, -0.05) is 27.7 Å². The molecule has 0 amide bonds. The van der Waals surface area contributed by atoms with Gasteiger partial charge in [-0.2, -0.15) is 0 Å². The number of hydrogen-bond acceptors (Lipinski definition) is 2. The number of rotatable bonds is 4. The SMILES string of the molecule is CC.Cc1ccsc1C(CC(C)C)n1ccnc1. The molecule has 2 aromatic rings. The Bertz CT molecular complexity index is 429. The van der Waals surface area contributed by atoms with E-state index >= 15 is 0 Å². The maximum absolute atomic E-state index is 4.16. The van der Waals surface area contributed by atoms with Crippen LogP contribution in [0.25, 0.3) is 0 Å². The maximum atomic E-state index is 4.16. The molecule has 0 aliphatic heterocycles. The zero-order chi connectivity index (χ0) is 13.5. The van der Waals surface area contributed by atoms with Gasteiger partial charge in [-0.15, -0.1) is 11.3 Å². The molecule has 0 radical (unpaired) electrons. The highest BCUT2D eigenvalue weighted by Gasteiger charge is 2.17. The second-order valence-electron chi connectivity index (χ2n) is 4.62. The second kappa shape index (κ2) is 7.37. The Balaban J connectivity index is 0.000000771. The van der Waals surface area contributed by atoms with Crippen molar-refractivity contribution in [3.8, 4) is 0 Å². The van der Waals surface area contributed by atoms with Crippen LogP contribution in [0.4, 0.5) is 0 Å². The van der Waals surface area contributed by atoms with Crippen molar-refractivity contribution in [2.75, 3.05) is 0 Å². The van der Waals surface area contributed by atoms with Gasteiger partial charge >= 0.3 is 0 Å². The summed E-state index contributed by atoms with van der Waals surface area (Å²) in [7, 11) is 0. The molecule has 1 atom stereocenters. The lowest BCUT2D eigenvalue weighted by Gasteiger charge is -2.20. The molecule has 2 heterocycles. The van der Waals surface area contributed by atoms with Crippen LogP contribution < -0.4 is 0 Å². The largest absolute Gasteiger partial charge is 0.329 e. The van der Waals surface area contributed by atoms with Crippen LogP contribution in [0.3, 0.4) is 0 Å². The monoisotopic (exact) mass is 264 g/mol. The summed E-state index contributed by atoms with van der Waals surface area (Å²) >= 11 is 1.85. The fraction of sp³-hybridized carbons (Fsp3) is 0.533. The number of aryl methyl sites for hydroxylation is 1. The first-order valence-electron chi connectivity index (χ1n) is 6.70. The highest BCUT2D eigenvalue weighted by atomic mass is 32.1. The number of nitrogens with zero attached hydrogens (tertiary/aromatic N) is 2. The average molecular weight is 264 g/mol. The molecule has 0 aliphatic carbocycles. The lowest BCUT2D eigenvalue weighted by molar-refractivity contribution is 0.455. The molecule has 18 heavy (non-hydrogen) atoms. The third-order valence-corrected chi connectivity index (χ3v) is 3.90. The third kappa shape index (κ3) is 3.70. The predicted molar refractivity (Wildman–Crippen MR) is 80.2 cm³/mol. The molecule has 0 saturated heterocycles. The quantitative estimate of drug-likeness (QED) is 0.767. The molecule has 2 aromatic heterocycles. The predicted octanol–water partition coefficient (Wildman–Crippen LogP) is 4.91. The van der Waals surface area contributed by atoms with E-state index in [-0.39, 0.29) is 0 Å². The summed E-state index contributed by atoms with van der Waals surface area (Å²) in [6.45, 7) is 10.7. The van der Waals surface area contributed by atoms with Gasteiger partial charge in [0.05, 0.1) is 12.4 Å². The number of hydrogen-bond donors (Lipinski definition) is 0. The molecule has 0 saturated carbocycles. The zero-order valence-electron chi connectivity index (χ0n) is 12.1. The fourth-order valence-corrected chi connectivity index (χ4v) is 3.04. The van der Waals surface area contributed by atoms with Crippen LogP contribution in [0.15, 0.2) is 30.2 Å². The van der Waals surface area contributed by atoms with Crippen molar-refractivity contribution in [1.29, 1.82) is 0 Å². The summed E-state index contributed by atoms with van der Waals surface area (Å²) in [5, 5.41) is 2.18. The molecule has 0 spiro atoms. The molecule has 100 valence electrons. The highest BCUT2D eigenvalue weighted by molar-refractivity contribution is 7.10. The molecule has 0 fully saturated rings. The van der Waals surface area contributed by atoms with Gasteiger partial charge in [0.25, 0.3) is 0 Å². The minimum absolute atomic E-state index is 0.447. The summed E-state index contributed by atoms with van der Waals surface area (Å²) in [6, 6.07) is 2.65. The molecular weight excluding hydrogens is 240 g/mol. The van der Waals surface area contributed by atoms with Gasteiger partial charge < -0.3 is 4.57 Å². The van der Waals surface area contributed by atoms with Crippen LogP contribution in [0.5, 0.6) is 0 Å². The van der Waals surface area contributed by atoms with Crippen molar-refractivity contribution in [3.05, 3.63) is 40.6 Å². The Morgan fingerprint density at radius 2 is 2.06 bits per heavy atom. The molecule has 2 nitrogen and oxygen atoms in total. The smallest absolute Gasteiger partial charge is 0.0951 e. The van der Waals surface area contributed by atoms with Crippen molar-refractivity contribution in [2.45, 2.75) is 47.1 Å². The van der Waals surface area contributed by atoms with Crippen LogP contribution >= 0.6 is 11.3 Å². The van der Waals surface area contributed by atoms with Gasteiger partial charge in [-0.25, -0.2) is 4.98 Å². The van der Waals surface area contributed by atoms with E-state index in [1.54, 1.807) is 0 Å². The van der Waals surface area contributed by atoms with Gasteiger partial charge in [-0.05, 0) is 36.3 Å². The van der Waals surface area contributed by atoms with E-state index in [1.165, 1.54) is 10.4 Å². The van der Waals surface area contributed by atoms with Gasteiger partial charge in [-0.3, -0.25) is 0 Å². The van der Waals surface area contributed by atoms with Crippen LogP contribution in [-0.2, 0) is 0 Å². The topological polar surface area (TPSA) is 17.8 Å². The second-order valence-corrected chi connectivity index (χ2v) is 5.57. The van der Waals surface area contributed by atoms with Crippen molar-refractivity contribution in [1.82, 2.24) is 9.55 Å². The minimum atomic E-state index is 0.447. The summed E-state index contributed by atoms with van der Waals surface area (Å²) in [4.78, 5) is 5.62. The summed E-state index contributed by atoms with van der Waals surface area (Å²) in [6.07, 6.45) is 7.01. The van der Waals surface area contributed by atoms with Crippen molar-refractivity contribution < 1.29 is 0 Å². The first-order valence-corrected chi connectivity index (χ1v) is 7.58. The van der Waals surface area contributed by atoms with Gasteiger partial charge in [0, 0.05) is 17.3 Å². The first-order chi connectivity index (χ1) is 8.68. The Hall–Kier alpha value is -1.09.